The van der Waals surface area contributed by atoms with E-state index in [2.05, 4.69) is 10.5 Å². The summed E-state index contributed by atoms with van der Waals surface area (Å²) in [5, 5.41) is 4.01. The zero-order valence-electron chi connectivity index (χ0n) is 11.9. The molecule has 0 atom stereocenters. The minimum atomic E-state index is -4.32. The number of nitrogens with zero attached hydrogens (tertiary/aromatic N) is 1. The van der Waals surface area contributed by atoms with E-state index in [-0.39, 0.29) is 0 Å². The Hall–Kier alpha value is -2.56. The van der Waals surface area contributed by atoms with Crippen LogP contribution in [-0.2, 0) is 6.18 Å². The molecule has 0 radical (unpaired) electrons. The summed E-state index contributed by atoms with van der Waals surface area (Å²) in [5.74, 6) is 0. The highest BCUT2D eigenvalue weighted by atomic mass is 19.4. The lowest BCUT2D eigenvalue weighted by molar-refractivity contribution is -0.137. The van der Waals surface area contributed by atoms with Crippen LogP contribution in [0.5, 0.6) is 0 Å². The van der Waals surface area contributed by atoms with Crippen LogP contribution in [0.25, 0.3) is 6.08 Å². The number of hydrazone groups is 1. The van der Waals surface area contributed by atoms with Gasteiger partial charge in [-0.05, 0) is 42.3 Å². The van der Waals surface area contributed by atoms with Crippen LogP contribution in [0.15, 0.2) is 65.3 Å². The molecular weight excluding hydrogens is 289 g/mol. The van der Waals surface area contributed by atoms with Crippen molar-refractivity contribution >= 4 is 18.0 Å². The third-order valence-corrected chi connectivity index (χ3v) is 2.87. The second-order valence-corrected chi connectivity index (χ2v) is 4.74. The molecule has 0 heterocycles. The van der Waals surface area contributed by atoms with E-state index in [1.807, 2.05) is 43.3 Å². The van der Waals surface area contributed by atoms with E-state index in [1.165, 1.54) is 12.1 Å². The summed E-state index contributed by atoms with van der Waals surface area (Å²) in [4.78, 5) is 0. The number of alkyl halides is 3. The van der Waals surface area contributed by atoms with Crippen molar-refractivity contribution in [1.29, 1.82) is 0 Å². The maximum absolute atomic E-state index is 12.4. The van der Waals surface area contributed by atoms with Crippen molar-refractivity contribution in [2.45, 2.75) is 13.1 Å². The number of rotatable bonds is 4. The van der Waals surface area contributed by atoms with Gasteiger partial charge >= 0.3 is 6.18 Å². The average molecular weight is 304 g/mol. The molecular formula is C17H15F3N2. The first kappa shape index (κ1) is 15.8. The Labute approximate surface area is 127 Å². The van der Waals surface area contributed by atoms with Gasteiger partial charge in [0, 0.05) is 0 Å². The van der Waals surface area contributed by atoms with Crippen LogP contribution in [-0.4, -0.2) is 6.21 Å². The number of nitrogens with one attached hydrogen (secondary N) is 1. The van der Waals surface area contributed by atoms with E-state index in [9.17, 15) is 13.2 Å². The van der Waals surface area contributed by atoms with Gasteiger partial charge in [-0.1, -0.05) is 36.4 Å². The lowest BCUT2D eigenvalue weighted by Crippen LogP contribution is -2.04. The van der Waals surface area contributed by atoms with Gasteiger partial charge in [0.25, 0.3) is 0 Å². The van der Waals surface area contributed by atoms with Gasteiger partial charge in [0.05, 0.1) is 17.5 Å². The summed E-state index contributed by atoms with van der Waals surface area (Å²) in [6.07, 6.45) is -0.751. The van der Waals surface area contributed by atoms with Crippen molar-refractivity contribution in [2.75, 3.05) is 5.43 Å². The third-order valence-electron chi connectivity index (χ3n) is 2.87. The second kappa shape index (κ2) is 6.93. The first-order chi connectivity index (χ1) is 10.4. The third kappa shape index (κ3) is 4.77. The number of anilines is 1. The van der Waals surface area contributed by atoms with Gasteiger partial charge < -0.3 is 0 Å². The molecule has 0 fully saturated rings. The normalized spacial score (nSPS) is 12.6. The van der Waals surface area contributed by atoms with Gasteiger partial charge in [0.2, 0.25) is 0 Å². The molecule has 0 aromatic heterocycles. The van der Waals surface area contributed by atoms with E-state index in [1.54, 1.807) is 6.21 Å². The van der Waals surface area contributed by atoms with Gasteiger partial charge in [-0.25, -0.2) is 0 Å². The molecule has 0 spiro atoms. The maximum Gasteiger partial charge on any atom is 0.416 e. The van der Waals surface area contributed by atoms with Crippen LogP contribution in [0.3, 0.4) is 0 Å². The molecule has 0 amide bonds. The molecule has 0 unspecified atom stereocenters. The highest BCUT2D eigenvalue weighted by Gasteiger charge is 2.29. The summed E-state index contributed by atoms with van der Waals surface area (Å²) >= 11 is 0. The van der Waals surface area contributed by atoms with Crippen LogP contribution < -0.4 is 5.43 Å². The molecule has 114 valence electrons. The molecule has 1 N–H and O–H groups in total. The van der Waals surface area contributed by atoms with Gasteiger partial charge in [0.1, 0.15) is 0 Å². The van der Waals surface area contributed by atoms with Crippen molar-refractivity contribution in [2.24, 2.45) is 5.10 Å². The summed E-state index contributed by atoms with van der Waals surface area (Å²) in [7, 11) is 0. The first-order valence-corrected chi connectivity index (χ1v) is 6.65. The van der Waals surface area contributed by atoms with Crippen LogP contribution >= 0.6 is 0 Å². The molecule has 0 aliphatic carbocycles. The van der Waals surface area contributed by atoms with Gasteiger partial charge in [-0.3, -0.25) is 5.43 Å². The Balaban J connectivity index is 1.96. The highest BCUT2D eigenvalue weighted by Crippen LogP contribution is 2.29. The minimum absolute atomic E-state index is 0.497. The number of benzene rings is 2. The number of hydrogen-bond donors (Lipinski definition) is 1. The lowest BCUT2D eigenvalue weighted by Gasteiger charge is -2.07. The molecule has 2 nitrogen and oxygen atoms in total. The quantitative estimate of drug-likeness (QED) is 0.609. The smallest absolute Gasteiger partial charge is 0.279 e. The van der Waals surface area contributed by atoms with E-state index in [0.717, 1.165) is 23.3 Å². The average Bonchev–Trinajstić information content (AvgIpc) is 2.48. The minimum Gasteiger partial charge on any atom is -0.279 e. The Morgan fingerprint density at radius 3 is 2.23 bits per heavy atom. The second-order valence-electron chi connectivity index (χ2n) is 4.74. The monoisotopic (exact) mass is 304 g/mol. The fourth-order valence-corrected chi connectivity index (χ4v) is 1.79. The summed E-state index contributed by atoms with van der Waals surface area (Å²) < 4.78 is 37.3. The molecule has 0 bridgehead atoms. The number of halogens is 3. The highest BCUT2D eigenvalue weighted by molar-refractivity contribution is 5.85. The predicted molar refractivity (Wildman–Crippen MR) is 83.7 cm³/mol. The summed E-state index contributed by atoms with van der Waals surface area (Å²) in [6.45, 7) is 1.89. The van der Waals surface area contributed by atoms with E-state index < -0.39 is 11.7 Å². The van der Waals surface area contributed by atoms with Crippen LogP contribution in [0, 0.1) is 0 Å². The summed E-state index contributed by atoms with van der Waals surface area (Å²) in [5.41, 5.74) is 4.50. The zero-order valence-corrected chi connectivity index (χ0v) is 11.9. The Morgan fingerprint density at radius 2 is 1.64 bits per heavy atom. The van der Waals surface area contributed by atoms with E-state index >= 15 is 0 Å². The predicted octanol–water partition coefficient (Wildman–Crippen LogP) is 5.21. The molecule has 0 aliphatic rings. The van der Waals surface area contributed by atoms with Crippen LogP contribution in [0.4, 0.5) is 18.9 Å². The van der Waals surface area contributed by atoms with Gasteiger partial charge in [-0.2, -0.15) is 18.3 Å². The zero-order chi connectivity index (χ0) is 16.0. The summed E-state index contributed by atoms with van der Waals surface area (Å²) in [6, 6.07) is 14.5. The Morgan fingerprint density at radius 1 is 1.00 bits per heavy atom. The topological polar surface area (TPSA) is 24.4 Å². The van der Waals surface area contributed by atoms with E-state index in [4.69, 9.17) is 0 Å². The van der Waals surface area contributed by atoms with Crippen molar-refractivity contribution in [1.82, 2.24) is 0 Å². The Kier molecular flexibility index (Phi) is 4.99. The van der Waals surface area contributed by atoms with Crippen molar-refractivity contribution in [3.8, 4) is 0 Å². The lowest BCUT2D eigenvalue weighted by atomic mass is 10.1. The molecule has 2 aromatic rings. The number of hydrogen-bond acceptors (Lipinski definition) is 2. The largest absolute Gasteiger partial charge is 0.416 e. The standard InChI is InChI=1S/C17H15F3N2/c1-13(11-14-5-3-2-4-6-14)12-21-22-16-9-7-15(8-10-16)17(18,19)20/h2-12,22H,1H3/b13-11+,21-12?. The van der Waals surface area contributed by atoms with Crippen LogP contribution in [0.1, 0.15) is 18.1 Å². The van der Waals surface area contributed by atoms with Crippen molar-refractivity contribution in [3.05, 3.63) is 71.3 Å². The molecule has 0 aliphatic heterocycles. The number of allylic oxidation sites excluding steroid dienone is 1. The fraction of sp³-hybridized carbons (Fsp3) is 0.118. The van der Waals surface area contributed by atoms with Crippen LogP contribution in [0.2, 0.25) is 0 Å². The fourth-order valence-electron chi connectivity index (χ4n) is 1.79. The molecule has 0 saturated carbocycles. The molecule has 5 heteroatoms. The Bertz CT molecular complexity index is 657. The molecule has 2 aromatic carbocycles. The molecule has 2 rings (SSSR count). The van der Waals surface area contributed by atoms with Crippen molar-refractivity contribution in [3.63, 3.8) is 0 Å². The van der Waals surface area contributed by atoms with Gasteiger partial charge in [0.15, 0.2) is 0 Å². The van der Waals surface area contributed by atoms with E-state index in [0.29, 0.717) is 5.69 Å². The molecule has 22 heavy (non-hydrogen) atoms. The SMILES string of the molecule is C/C(C=NNc1ccc(C(F)(F)F)cc1)=C\c1ccccc1. The van der Waals surface area contributed by atoms with Gasteiger partial charge in [-0.15, -0.1) is 0 Å². The first-order valence-electron chi connectivity index (χ1n) is 6.65. The maximum atomic E-state index is 12.4. The molecule has 0 saturated heterocycles. The van der Waals surface area contributed by atoms with Crippen molar-refractivity contribution < 1.29 is 13.2 Å².